The minimum absolute atomic E-state index is 0.0800. The molecule has 0 spiro atoms. The van der Waals surface area contributed by atoms with E-state index >= 15 is 0 Å². The maximum Gasteiger partial charge on any atom is 0.434 e. The predicted molar refractivity (Wildman–Crippen MR) is 99.3 cm³/mol. The molecule has 0 saturated carbocycles. The number of ether oxygens (including phenoxy) is 1. The van der Waals surface area contributed by atoms with E-state index in [9.17, 15) is 27.6 Å². The van der Waals surface area contributed by atoms with Crippen molar-refractivity contribution in [2.24, 2.45) is 0 Å². The van der Waals surface area contributed by atoms with Crippen molar-refractivity contribution in [3.05, 3.63) is 53.9 Å². The first-order valence-electron chi connectivity index (χ1n) is 8.66. The van der Waals surface area contributed by atoms with Crippen LogP contribution in [-0.2, 0) is 15.7 Å². The molecule has 0 saturated heterocycles. The maximum absolute atomic E-state index is 12.8. The lowest BCUT2D eigenvalue weighted by Gasteiger charge is -2.27. The van der Waals surface area contributed by atoms with Crippen LogP contribution in [0, 0.1) is 0 Å². The number of hydrogen-bond acceptors (Lipinski definition) is 6. The number of halogens is 3. The Hall–Kier alpha value is -3.50. The van der Waals surface area contributed by atoms with Crippen molar-refractivity contribution in [2.45, 2.75) is 39.0 Å². The molecular weight excluding hydrogens is 405 g/mol. The van der Waals surface area contributed by atoms with Crippen LogP contribution in [0.2, 0.25) is 0 Å². The Balaban J connectivity index is 2.22. The number of carbonyl (C=O) groups is 3. The summed E-state index contributed by atoms with van der Waals surface area (Å²) in [5.74, 6) is -1.46. The molecule has 2 rings (SSSR count). The van der Waals surface area contributed by atoms with E-state index in [1.54, 1.807) is 20.8 Å². The fourth-order valence-corrected chi connectivity index (χ4v) is 2.19. The van der Waals surface area contributed by atoms with Crippen molar-refractivity contribution in [1.82, 2.24) is 15.6 Å². The number of anilines is 1. The molecule has 1 heterocycles. The number of carbonyl (C=O) groups excluding carboxylic acids is 3. The number of benzene rings is 1. The van der Waals surface area contributed by atoms with E-state index in [2.05, 4.69) is 15.6 Å². The normalized spacial score (nSPS) is 11.5. The zero-order valence-corrected chi connectivity index (χ0v) is 16.4. The van der Waals surface area contributed by atoms with Gasteiger partial charge in [-0.15, -0.1) is 0 Å². The summed E-state index contributed by atoms with van der Waals surface area (Å²) >= 11 is 0. The zero-order valence-electron chi connectivity index (χ0n) is 16.4. The fourth-order valence-electron chi connectivity index (χ4n) is 2.19. The first kappa shape index (κ1) is 22.8. The van der Waals surface area contributed by atoms with Crippen molar-refractivity contribution in [3.8, 4) is 0 Å². The van der Waals surface area contributed by atoms with Gasteiger partial charge in [0.25, 0.3) is 0 Å². The lowest BCUT2D eigenvalue weighted by Crippen LogP contribution is -2.49. The molecule has 1 aromatic heterocycles. The van der Waals surface area contributed by atoms with Crippen LogP contribution in [-0.4, -0.2) is 33.6 Å². The van der Waals surface area contributed by atoms with E-state index in [-0.39, 0.29) is 11.3 Å². The standard InChI is InChI=1S/C19H19F3N4O4/c1-18(2,3)30-17(29)26(14-6-4-13(5-7-14)19(20,21)22)25-16(28)10-15(27)12-8-9-23-24-11-12/h4-9,11H,10H2,1-3H3,(H,25,28). The van der Waals surface area contributed by atoms with Crippen molar-refractivity contribution < 1.29 is 32.3 Å². The zero-order chi connectivity index (χ0) is 22.5. The summed E-state index contributed by atoms with van der Waals surface area (Å²) in [6.45, 7) is 4.74. The second kappa shape index (κ2) is 8.89. The summed E-state index contributed by atoms with van der Waals surface area (Å²) in [4.78, 5) is 36.9. The van der Waals surface area contributed by atoms with Crippen LogP contribution in [0.1, 0.15) is 43.1 Å². The molecule has 1 N–H and O–H groups in total. The minimum Gasteiger partial charge on any atom is -0.442 e. The number of rotatable bonds is 4. The Morgan fingerprint density at radius 1 is 1.03 bits per heavy atom. The van der Waals surface area contributed by atoms with Crippen molar-refractivity contribution in [3.63, 3.8) is 0 Å². The second-order valence-corrected chi connectivity index (χ2v) is 7.13. The predicted octanol–water partition coefficient (Wildman–Crippen LogP) is 3.54. The molecule has 8 nitrogen and oxygen atoms in total. The van der Waals surface area contributed by atoms with E-state index in [1.807, 2.05) is 0 Å². The number of alkyl halides is 3. The monoisotopic (exact) mass is 424 g/mol. The van der Waals surface area contributed by atoms with Crippen LogP contribution < -0.4 is 10.4 Å². The highest BCUT2D eigenvalue weighted by Crippen LogP contribution is 2.30. The van der Waals surface area contributed by atoms with E-state index in [0.29, 0.717) is 5.01 Å². The average Bonchev–Trinajstić information content (AvgIpc) is 2.64. The number of aromatic nitrogens is 2. The molecule has 2 aromatic rings. The minimum atomic E-state index is -4.57. The molecular formula is C19H19F3N4O4. The molecule has 0 atom stereocenters. The van der Waals surface area contributed by atoms with Gasteiger partial charge in [-0.1, -0.05) is 0 Å². The highest BCUT2D eigenvalue weighted by molar-refractivity contribution is 6.08. The molecule has 0 radical (unpaired) electrons. The van der Waals surface area contributed by atoms with Gasteiger partial charge in [0.05, 0.1) is 30.1 Å². The number of hydrogen-bond donors (Lipinski definition) is 1. The lowest BCUT2D eigenvalue weighted by atomic mass is 10.1. The topological polar surface area (TPSA) is 101 Å². The van der Waals surface area contributed by atoms with Crippen LogP contribution in [0.25, 0.3) is 0 Å². The molecule has 2 amide bonds. The number of nitrogens with zero attached hydrogens (tertiary/aromatic N) is 3. The van der Waals surface area contributed by atoms with Crippen LogP contribution in [0.3, 0.4) is 0 Å². The van der Waals surface area contributed by atoms with Crippen LogP contribution in [0.4, 0.5) is 23.7 Å². The summed E-state index contributed by atoms with van der Waals surface area (Å²) in [6.07, 6.45) is -3.78. The Bertz CT molecular complexity index is 910. The number of hydrazine groups is 1. The fraction of sp³-hybridized carbons (Fsp3) is 0.316. The van der Waals surface area contributed by atoms with Crippen molar-refractivity contribution >= 4 is 23.5 Å². The third kappa shape index (κ3) is 6.54. The molecule has 0 aliphatic rings. The van der Waals surface area contributed by atoms with Gasteiger partial charge >= 0.3 is 12.3 Å². The molecule has 1 aromatic carbocycles. The lowest BCUT2D eigenvalue weighted by molar-refractivity contribution is -0.137. The van der Waals surface area contributed by atoms with Gasteiger partial charge < -0.3 is 4.74 Å². The third-order valence-corrected chi connectivity index (χ3v) is 3.49. The van der Waals surface area contributed by atoms with Gasteiger partial charge in [0.15, 0.2) is 5.78 Å². The molecule has 0 unspecified atom stereocenters. The van der Waals surface area contributed by atoms with E-state index in [0.717, 1.165) is 24.3 Å². The maximum atomic E-state index is 12.8. The molecule has 160 valence electrons. The van der Waals surface area contributed by atoms with E-state index in [1.165, 1.54) is 18.5 Å². The summed E-state index contributed by atoms with van der Waals surface area (Å²) in [6, 6.07) is 4.88. The van der Waals surface area contributed by atoms with Crippen molar-refractivity contribution in [1.29, 1.82) is 0 Å². The van der Waals surface area contributed by atoms with Gasteiger partial charge in [0.2, 0.25) is 5.91 Å². The smallest absolute Gasteiger partial charge is 0.434 e. The van der Waals surface area contributed by atoms with Gasteiger partial charge in [-0.25, -0.2) is 4.79 Å². The largest absolute Gasteiger partial charge is 0.442 e. The van der Waals surface area contributed by atoms with E-state index in [4.69, 9.17) is 4.74 Å². The number of amides is 2. The Morgan fingerprint density at radius 2 is 1.67 bits per heavy atom. The average molecular weight is 424 g/mol. The quantitative estimate of drug-likeness (QED) is 0.458. The highest BCUT2D eigenvalue weighted by Gasteiger charge is 2.31. The van der Waals surface area contributed by atoms with Gasteiger partial charge in [-0.3, -0.25) is 15.0 Å². The Kier molecular flexibility index (Phi) is 6.75. The summed E-state index contributed by atoms with van der Waals surface area (Å²) < 4.78 is 43.6. The van der Waals surface area contributed by atoms with Crippen LogP contribution in [0.15, 0.2) is 42.7 Å². The second-order valence-electron chi connectivity index (χ2n) is 7.13. The van der Waals surface area contributed by atoms with Gasteiger partial charge in [0.1, 0.15) is 5.60 Å². The number of nitrogens with one attached hydrogen (secondary N) is 1. The SMILES string of the molecule is CC(C)(C)OC(=O)N(NC(=O)CC(=O)c1ccnnc1)c1ccc(C(F)(F)F)cc1. The van der Waals surface area contributed by atoms with Crippen molar-refractivity contribution in [2.75, 3.05) is 5.01 Å². The Labute approximate surface area is 170 Å². The molecule has 11 heteroatoms. The van der Waals surface area contributed by atoms with Crippen LogP contribution in [0.5, 0.6) is 0 Å². The summed E-state index contributed by atoms with van der Waals surface area (Å²) in [5, 5.41) is 7.71. The molecule has 0 fully saturated rings. The molecule has 0 bridgehead atoms. The third-order valence-electron chi connectivity index (χ3n) is 3.49. The summed E-state index contributed by atoms with van der Waals surface area (Å²) in [7, 11) is 0. The Morgan fingerprint density at radius 3 is 2.17 bits per heavy atom. The van der Waals surface area contributed by atoms with E-state index < -0.39 is 41.5 Å². The van der Waals surface area contributed by atoms with Gasteiger partial charge in [0, 0.05) is 5.56 Å². The van der Waals surface area contributed by atoms with Crippen LogP contribution >= 0.6 is 0 Å². The number of Topliss-reactive ketones (excluding diaryl/α,β-unsaturated/α-hetero) is 1. The highest BCUT2D eigenvalue weighted by atomic mass is 19.4. The first-order valence-corrected chi connectivity index (χ1v) is 8.66. The van der Waals surface area contributed by atoms with Gasteiger partial charge in [-0.05, 0) is 51.1 Å². The van der Waals surface area contributed by atoms with Gasteiger partial charge in [-0.2, -0.15) is 28.4 Å². The molecule has 0 aliphatic carbocycles. The molecule has 0 aliphatic heterocycles. The first-order chi connectivity index (χ1) is 13.9. The summed E-state index contributed by atoms with van der Waals surface area (Å²) in [5.41, 5.74) is 0.385. The number of ketones is 1. The molecule has 30 heavy (non-hydrogen) atoms.